The van der Waals surface area contributed by atoms with Gasteiger partial charge in [-0.05, 0) is 35.7 Å². The van der Waals surface area contributed by atoms with Gasteiger partial charge in [0.2, 0.25) is 5.89 Å². The summed E-state index contributed by atoms with van der Waals surface area (Å²) >= 11 is 1.66. The Bertz CT molecular complexity index is 1280. The first-order valence-electron chi connectivity index (χ1n) is 9.07. The molecule has 148 valence electrons. The third-order valence-electron chi connectivity index (χ3n) is 4.75. The molecule has 0 fully saturated rings. The van der Waals surface area contributed by atoms with Crippen molar-refractivity contribution in [1.29, 1.82) is 0 Å². The number of aromatic amines is 1. The van der Waals surface area contributed by atoms with E-state index < -0.39 is 10.0 Å². The monoisotopic (exact) mass is 434 g/mol. The van der Waals surface area contributed by atoms with Crippen molar-refractivity contribution in [2.75, 3.05) is 0 Å². The number of thiophene rings is 1. The summed E-state index contributed by atoms with van der Waals surface area (Å²) in [4.78, 5) is 13.8. The average molecular weight is 435 g/mol. The zero-order valence-corrected chi connectivity index (χ0v) is 17.0. The number of H-pyrrole nitrogens is 1. The quantitative estimate of drug-likeness (QED) is 0.374. The molecule has 0 radical (unpaired) electrons. The third-order valence-corrected chi connectivity index (χ3v) is 9.93. The van der Waals surface area contributed by atoms with Crippen molar-refractivity contribution in [3.05, 3.63) is 96.3 Å². The van der Waals surface area contributed by atoms with E-state index in [4.69, 9.17) is 18.3 Å². The summed E-state index contributed by atoms with van der Waals surface area (Å²) in [5.74, 6) is 0.443. The predicted octanol–water partition coefficient (Wildman–Crippen LogP) is 5.85. The lowest BCUT2D eigenvalue weighted by Gasteiger charge is -2.35. The molecule has 1 aliphatic heterocycles. The second-order valence-electron chi connectivity index (χ2n) is 6.38. The molecule has 0 aromatic carbocycles. The Balaban J connectivity index is 1.78. The minimum atomic E-state index is -2.11. The molecule has 0 spiro atoms. The molecule has 6 rings (SSSR count). The highest BCUT2D eigenvalue weighted by molar-refractivity contribution is 8.53. The number of rotatable bonds is 5. The van der Waals surface area contributed by atoms with E-state index in [1.807, 2.05) is 42.6 Å². The second kappa shape index (κ2) is 6.75. The molecule has 9 heteroatoms. The zero-order chi connectivity index (χ0) is 20.0. The Morgan fingerprint density at radius 2 is 1.97 bits per heavy atom. The van der Waals surface area contributed by atoms with Crippen LogP contribution >= 0.6 is 21.4 Å². The Hall–Kier alpha value is -3.56. The summed E-state index contributed by atoms with van der Waals surface area (Å²) in [6, 6.07) is 13.8. The Morgan fingerprint density at radius 3 is 2.63 bits per heavy atom. The molecular formula is C21H14N4O3S2. The molecule has 1 N–H and O–H groups in total. The van der Waals surface area contributed by atoms with Crippen molar-refractivity contribution < 1.29 is 13.4 Å². The number of aromatic nitrogens is 3. The third kappa shape index (κ3) is 2.36. The molecule has 0 bridgehead atoms. The van der Waals surface area contributed by atoms with Gasteiger partial charge in [0, 0.05) is 12.3 Å². The number of furan rings is 1. The van der Waals surface area contributed by atoms with E-state index in [2.05, 4.69) is 26.6 Å². The second-order valence-corrected chi connectivity index (χ2v) is 10.4. The van der Waals surface area contributed by atoms with Gasteiger partial charge in [0.25, 0.3) is 0 Å². The van der Waals surface area contributed by atoms with Crippen molar-refractivity contribution in [2.45, 2.75) is 9.30 Å². The van der Waals surface area contributed by atoms with Gasteiger partial charge in [-0.15, -0.1) is 11.3 Å². The van der Waals surface area contributed by atoms with Crippen LogP contribution in [0.25, 0.3) is 10.6 Å². The van der Waals surface area contributed by atoms with Crippen LogP contribution in [0.5, 0.6) is 0 Å². The molecule has 0 saturated carbocycles. The van der Waals surface area contributed by atoms with E-state index >= 15 is 0 Å². The van der Waals surface area contributed by atoms with Crippen LogP contribution in [0.1, 0.15) is 17.3 Å². The van der Waals surface area contributed by atoms with E-state index in [-0.39, 0.29) is 0 Å². The topological polar surface area (TPSA) is 93.3 Å². The Labute approximate surface area is 176 Å². The molecule has 6 heterocycles. The largest absolute Gasteiger partial charge is 0.459 e. The summed E-state index contributed by atoms with van der Waals surface area (Å²) in [7, 11) is -2.11. The molecule has 1 unspecified atom stereocenters. The number of oxazole rings is 1. The number of hydrogen-bond acceptors (Lipinski definition) is 7. The van der Waals surface area contributed by atoms with E-state index in [1.165, 1.54) is 0 Å². The van der Waals surface area contributed by atoms with Crippen molar-refractivity contribution in [2.24, 2.45) is 4.99 Å². The summed E-state index contributed by atoms with van der Waals surface area (Å²) in [6.45, 7) is 0. The molecule has 0 saturated heterocycles. The standard InChI is InChI=1S/C21H14N4O3S2/c1-4-14(22-8-1)19-18(20-23-9-12-27-20)24-21(15-7-11-28-25-15)30(19,16-5-2-10-26-16)17-6-3-13-29-17/h1-13,22H. The molecule has 5 aromatic heterocycles. The number of aliphatic imine (C=N–C) groups is 1. The number of nitrogens with one attached hydrogen (secondary N) is 1. The molecule has 0 aliphatic carbocycles. The molecule has 0 amide bonds. The fourth-order valence-electron chi connectivity index (χ4n) is 3.62. The van der Waals surface area contributed by atoms with Crippen LogP contribution in [0.15, 0.2) is 107 Å². The van der Waals surface area contributed by atoms with E-state index in [0.717, 1.165) is 24.9 Å². The highest BCUT2D eigenvalue weighted by atomic mass is 32.3. The van der Waals surface area contributed by atoms with E-state index in [1.54, 1.807) is 36.3 Å². The molecule has 30 heavy (non-hydrogen) atoms. The molecule has 1 atom stereocenters. The van der Waals surface area contributed by atoms with Crippen molar-refractivity contribution >= 4 is 37.0 Å². The van der Waals surface area contributed by atoms with Crippen LogP contribution in [-0.4, -0.2) is 20.2 Å². The van der Waals surface area contributed by atoms with Crippen LogP contribution in [-0.2, 0) is 0 Å². The van der Waals surface area contributed by atoms with Gasteiger partial charge in [-0.2, -0.15) is 0 Å². The number of nitrogens with zero attached hydrogens (tertiary/aromatic N) is 3. The van der Waals surface area contributed by atoms with Gasteiger partial charge in [-0.3, -0.25) is 0 Å². The lowest BCUT2D eigenvalue weighted by molar-refractivity contribution is 0.418. The van der Waals surface area contributed by atoms with Crippen LogP contribution in [0.3, 0.4) is 0 Å². The average Bonchev–Trinajstić information content (AvgIpc) is 3.62. The maximum atomic E-state index is 6.07. The minimum absolute atomic E-state index is 0.443. The SMILES string of the molecule is c1c[nH]c(C2=C(c3ncco3)N=C(c3ccon3)S2(c2ccco2)c2cccs2)c1. The van der Waals surface area contributed by atoms with Gasteiger partial charge in [0.1, 0.15) is 29.0 Å². The fraction of sp³-hybridized carbons (Fsp3) is 0. The first kappa shape index (κ1) is 17.3. The van der Waals surface area contributed by atoms with Crippen LogP contribution in [0, 0.1) is 0 Å². The normalized spacial score (nSPS) is 21.0. The van der Waals surface area contributed by atoms with Gasteiger partial charge in [0.05, 0.1) is 27.3 Å². The van der Waals surface area contributed by atoms with Gasteiger partial charge in [-0.25, -0.2) is 9.98 Å². The smallest absolute Gasteiger partial charge is 0.246 e. The van der Waals surface area contributed by atoms with Gasteiger partial charge in [0.15, 0.2) is 5.09 Å². The highest BCUT2D eigenvalue weighted by Gasteiger charge is 2.50. The number of hydrogen-bond donors (Lipinski definition) is 1. The van der Waals surface area contributed by atoms with E-state index in [9.17, 15) is 0 Å². The maximum Gasteiger partial charge on any atom is 0.246 e. The Morgan fingerprint density at radius 1 is 0.967 bits per heavy atom. The van der Waals surface area contributed by atoms with Gasteiger partial charge >= 0.3 is 0 Å². The molecular weight excluding hydrogens is 420 g/mol. The molecule has 1 aliphatic rings. The van der Waals surface area contributed by atoms with Crippen LogP contribution < -0.4 is 0 Å². The lowest BCUT2D eigenvalue weighted by atomic mass is 10.3. The van der Waals surface area contributed by atoms with Crippen LogP contribution in [0.2, 0.25) is 0 Å². The lowest BCUT2D eigenvalue weighted by Crippen LogP contribution is -2.13. The molecule has 7 nitrogen and oxygen atoms in total. The molecule has 5 aromatic rings. The summed E-state index contributed by atoms with van der Waals surface area (Å²) in [5.41, 5.74) is 2.23. The minimum Gasteiger partial charge on any atom is -0.459 e. The van der Waals surface area contributed by atoms with Crippen molar-refractivity contribution in [3.63, 3.8) is 0 Å². The van der Waals surface area contributed by atoms with E-state index in [0.29, 0.717) is 17.3 Å². The fourth-order valence-corrected chi connectivity index (χ4v) is 9.01. The predicted molar refractivity (Wildman–Crippen MR) is 114 cm³/mol. The van der Waals surface area contributed by atoms with Gasteiger partial charge < -0.3 is 18.3 Å². The first-order valence-corrected chi connectivity index (χ1v) is 11.6. The Kier molecular flexibility index (Phi) is 3.90. The summed E-state index contributed by atoms with van der Waals surface area (Å²) in [6.07, 6.45) is 8.30. The maximum absolute atomic E-state index is 6.07. The summed E-state index contributed by atoms with van der Waals surface area (Å²) < 4.78 is 18.1. The van der Waals surface area contributed by atoms with Crippen molar-refractivity contribution in [3.8, 4) is 0 Å². The summed E-state index contributed by atoms with van der Waals surface area (Å²) in [5, 5.41) is 7.87. The van der Waals surface area contributed by atoms with Gasteiger partial charge in [-0.1, -0.05) is 21.3 Å². The highest BCUT2D eigenvalue weighted by Crippen LogP contribution is 2.77. The van der Waals surface area contributed by atoms with Crippen LogP contribution in [0.4, 0.5) is 0 Å². The first-order chi connectivity index (χ1) is 14.9. The van der Waals surface area contributed by atoms with Crippen molar-refractivity contribution in [1.82, 2.24) is 15.1 Å². The zero-order valence-electron chi connectivity index (χ0n) is 15.4.